The van der Waals surface area contributed by atoms with Crippen molar-refractivity contribution in [2.75, 3.05) is 5.32 Å². The van der Waals surface area contributed by atoms with E-state index in [1.165, 1.54) is 18.2 Å². The van der Waals surface area contributed by atoms with Crippen LogP contribution in [0.3, 0.4) is 0 Å². The van der Waals surface area contributed by atoms with E-state index in [4.69, 9.17) is 23.2 Å². The summed E-state index contributed by atoms with van der Waals surface area (Å²) < 4.78 is 25.1. The van der Waals surface area contributed by atoms with Gasteiger partial charge < -0.3 is 5.32 Å². The van der Waals surface area contributed by atoms with Gasteiger partial charge in [0.25, 0.3) is 10.0 Å². The molecule has 2 N–H and O–H groups in total. The largest absolute Gasteiger partial charge is 0.354 e. The molecule has 0 radical (unpaired) electrons. The predicted molar refractivity (Wildman–Crippen MR) is 119 cm³/mol. The molecule has 0 spiro atoms. The van der Waals surface area contributed by atoms with Crippen LogP contribution in [0.1, 0.15) is 12.5 Å². The number of nitrogens with one attached hydrogen (secondary N) is 2. The maximum absolute atomic E-state index is 12.5. The summed E-state index contributed by atoms with van der Waals surface area (Å²) in [6, 6.07) is 18.1. The molecular weight excluding hydrogens is 449 g/mol. The number of rotatable bonds is 4. The molecule has 3 aromatic carbocycles. The van der Waals surface area contributed by atoms with Crippen LogP contribution in [-0.2, 0) is 10.0 Å². The fraction of sp³-hybridized carbons (Fsp3) is 0.0500. The van der Waals surface area contributed by atoms with Crippen LogP contribution in [0, 0.1) is 0 Å². The minimum Gasteiger partial charge on any atom is -0.354 e. The van der Waals surface area contributed by atoms with Crippen molar-refractivity contribution in [3.63, 3.8) is 0 Å². The molecule has 0 saturated carbocycles. The van der Waals surface area contributed by atoms with Gasteiger partial charge in [-0.1, -0.05) is 53.2 Å². The van der Waals surface area contributed by atoms with Crippen molar-refractivity contribution >= 4 is 62.1 Å². The third kappa shape index (κ3) is 4.23. The first-order valence-corrected chi connectivity index (χ1v) is 11.6. The Morgan fingerprint density at radius 2 is 1.76 bits per heavy atom. The van der Waals surface area contributed by atoms with Crippen molar-refractivity contribution in [1.29, 1.82) is 0 Å². The summed E-state index contributed by atoms with van der Waals surface area (Å²) in [7, 11) is -3.95. The zero-order chi connectivity index (χ0) is 20.6. The van der Waals surface area contributed by atoms with E-state index in [1.54, 1.807) is 18.7 Å². The van der Waals surface area contributed by atoms with E-state index in [0.717, 1.165) is 26.7 Å². The first-order valence-electron chi connectivity index (χ1n) is 8.53. The fourth-order valence-electron chi connectivity index (χ4n) is 2.79. The van der Waals surface area contributed by atoms with Gasteiger partial charge in [-0.2, -0.15) is 18.4 Å². The number of para-hydroxylation sites is 1. The molecule has 9 heteroatoms. The van der Waals surface area contributed by atoms with Crippen LogP contribution in [0.4, 0.5) is 11.4 Å². The summed E-state index contributed by atoms with van der Waals surface area (Å²) in [6.07, 6.45) is 0. The topological polar surface area (TPSA) is 70.6 Å². The van der Waals surface area contributed by atoms with Crippen LogP contribution in [0.15, 0.2) is 80.5 Å². The number of halogens is 2. The van der Waals surface area contributed by atoms with Crippen LogP contribution >= 0.6 is 35.0 Å². The number of hydrogen-bond donors (Lipinski definition) is 2. The van der Waals surface area contributed by atoms with E-state index < -0.39 is 10.0 Å². The molecule has 0 saturated heterocycles. The molecule has 4 rings (SSSR count). The van der Waals surface area contributed by atoms with Crippen LogP contribution in [0.25, 0.3) is 0 Å². The van der Waals surface area contributed by atoms with Gasteiger partial charge in [-0.3, -0.25) is 0 Å². The third-order valence-corrected chi connectivity index (χ3v) is 7.37. The molecule has 5 nitrogen and oxygen atoms in total. The Labute approximate surface area is 183 Å². The van der Waals surface area contributed by atoms with Crippen molar-refractivity contribution in [3.05, 3.63) is 76.3 Å². The van der Waals surface area contributed by atoms with Gasteiger partial charge >= 0.3 is 0 Å². The number of hydrazone groups is 1. The fourth-order valence-corrected chi connectivity index (χ4v) is 5.38. The van der Waals surface area contributed by atoms with Crippen molar-refractivity contribution < 1.29 is 8.42 Å². The average molecular weight is 464 g/mol. The molecular formula is C20H15Cl2N3O2S2. The van der Waals surface area contributed by atoms with Gasteiger partial charge in [-0.15, -0.1) is 0 Å². The molecule has 1 aliphatic rings. The summed E-state index contributed by atoms with van der Waals surface area (Å²) in [4.78, 5) is 4.35. The predicted octanol–water partition coefficient (Wildman–Crippen LogP) is 5.90. The quantitative estimate of drug-likeness (QED) is 0.291. The second kappa shape index (κ2) is 7.91. The summed E-state index contributed by atoms with van der Waals surface area (Å²) >= 11 is 13.6. The lowest BCUT2D eigenvalue weighted by Crippen LogP contribution is -2.20. The number of nitrogens with zero attached hydrogens (tertiary/aromatic N) is 1. The highest BCUT2D eigenvalue weighted by molar-refractivity contribution is 7.99. The lowest BCUT2D eigenvalue weighted by molar-refractivity contribution is 0.584. The lowest BCUT2D eigenvalue weighted by atomic mass is 10.1. The van der Waals surface area contributed by atoms with Gasteiger partial charge in [0.1, 0.15) is 4.90 Å². The van der Waals surface area contributed by atoms with Gasteiger partial charge in [-0.05, 0) is 55.0 Å². The molecule has 0 bridgehead atoms. The summed E-state index contributed by atoms with van der Waals surface area (Å²) in [6.45, 7) is 1.73. The average Bonchev–Trinajstić information content (AvgIpc) is 2.71. The molecule has 148 valence electrons. The van der Waals surface area contributed by atoms with Gasteiger partial charge in [-0.25, -0.2) is 0 Å². The molecule has 0 amide bonds. The number of sulfonamides is 1. The van der Waals surface area contributed by atoms with Gasteiger partial charge in [0, 0.05) is 14.8 Å². The molecule has 29 heavy (non-hydrogen) atoms. The van der Waals surface area contributed by atoms with Crippen molar-refractivity contribution in [3.8, 4) is 0 Å². The van der Waals surface area contributed by atoms with Crippen molar-refractivity contribution in [2.24, 2.45) is 5.10 Å². The van der Waals surface area contributed by atoms with E-state index in [9.17, 15) is 8.42 Å². The minimum absolute atomic E-state index is 0.0726. The zero-order valence-electron chi connectivity index (χ0n) is 15.1. The Balaban J connectivity index is 1.58. The SMILES string of the molecule is C/C(=N/NS(=O)(=O)c1cc(Cl)ccc1Cl)c1ccc2c(c1)Nc1ccccc1S2. The molecule has 3 aromatic rings. The van der Waals surface area contributed by atoms with E-state index in [-0.39, 0.29) is 14.9 Å². The Hall–Kier alpha value is -2.19. The highest BCUT2D eigenvalue weighted by Crippen LogP contribution is 2.44. The van der Waals surface area contributed by atoms with Crippen LogP contribution in [0.5, 0.6) is 0 Å². The van der Waals surface area contributed by atoms with Crippen molar-refractivity contribution in [1.82, 2.24) is 4.83 Å². The highest BCUT2D eigenvalue weighted by atomic mass is 35.5. The van der Waals surface area contributed by atoms with Crippen molar-refractivity contribution in [2.45, 2.75) is 21.6 Å². The van der Waals surface area contributed by atoms with Crippen LogP contribution in [0.2, 0.25) is 10.0 Å². The first-order chi connectivity index (χ1) is 13.8. The van der Waals surface area contributed by atoms with E-state index in [0.29, 0.717) is 5.71 Å². The summed E-state index contributed by atoms with van der Waals surface area (Å²) in [5.74, 6) is 0. The highest BCUT2D eigenvalue weighted by Gasteiger charge is 2.19. The monoisotopic (exact) mass is 463 g/mol. The zero-order valence-corrected chi connectivity index (χ0v) is 18.3. The van der Waals surface area contributed by atoms with Crippen LogP contribution < -0.4 is 10.1 Å². The standard InChI is InChI=1S/C20H15Cl2N3O2S2/c1-12(24-25-29(26,27)20-11-14(21)7-8-15(20)22)13-6-9-19-17(10-13)23-16-4-2-3-5-18(16)28-19/h2-11,23,25H,1H3/b24-12-. The minimum atomic E-state index is -3.95. The normalized spacial score (nSPS) is 13.3. The van der Waals surface area contributed by atoms with E-state index >= 15 is 0 Å². The summed E-state index contributed by atoms with van der Waals surface area (Å²) in [5.41, 5.74) is 3.28. The number of benzene rings is 3. The Bertz CT molecular complexity index is 1240. The second-order valence-corrected chi connectivity index (χ2v) is 9.86. The van der Waals surface area contributed by atoms with E-state index in [1.807, 2.05) is 36.4 Å². The molecule has 0 atom stereocenters. The number of hydrogen-bond acceptors (Lipinski definition) is 5. The summed E-state index contributed by atoms with van der Waals surface area (Å²) in [5, 5.41) is 7.79. The van der Waals surface area contributed by atoms with Gasteiger partial charge in [0.2, 0.25) is 0 Å². The molecule has 0 aliphatic carbocycles. The van der Waals surface area contributed by atoms with Crippen LogP contribution in [-0.4, -0.2) is 14.1 Å². The number of fused-ring (bicyclic) bond motifs is 2. The third-order valence-electron chi connectivity index (χ3n) is 4.29. The first kappa shape index (κ1) is 20.1. The maximum Gasteiger partial charge on any atom is 0.278 e. The molecule has 0 fully saturated rings. The lowest BCUT2D eigenvalue weighted by Gasteiger charge is -2.21. The molecule has 0 unspecified atom stereocenters. The van der Waals surface area contributed by atoms with Gasteiger partial charge in [0.15, 0.2) is 0 Å². The second-order valence-electron chi connectivity index (χ2n) is 6.30. The molecule has 1 aliphatic heterocycles. The number of anilines is 2. The van der Waals surface area contributed by atoms with Gasteiger partial charge in [0.05, 0.1) is 22.1 Å². The maximum atomic E-state index is 12.5. The Kier molecular flexibility index (Phi) is 5.48. The van der Waals surface area contributed by atoms with E-state index in [2.05, 4.69) is 21.3 Å². The Morgan fingerprint density at radius 3 is 2.59 bits per heavy atom. The Morgan fingerprint density at radius 1 is 1.00 bits per heavy atom. The smallest absolute Gasteiger partial charge is 0.278 e. The molecule has 0 aromatic heterocycles. The molecule has 1 heterocycles.